The van der Waals surface area contributed by atoms with Crippen LogP contribution in [0.5, 0.6) is 0 Å². The molecule has 0 aromatic rings. The summed E-state index contributed by atoms with van der Waals surface area (Å²) in [5.74, 6) is -1.05. The van der Waals surface area contributed by atoms with E-state index in [9.17, 15) is 9.59 Å². The Morgan fingerprint density at radius 1 is 1.06 bits per heavy atom. The molecule has 0 saturated carbocycles. The van der Waals surface area contributed by atoms with E-state index in [0.717, 1.165) is 37.8 Å². The fourth-order valence-corrected chi connectivity index (χ4v) is 8.66. The van der Waals surface area contributed by atoms with Crippen LogP contribution in [0.15, 0.2) is 12.2 Å². The topological polar surface area (TPSA) is 61.8 Å². The van der Waals surface area contributed by atoms with Gasteiger partial charge in [-0.3, -0.25) is 0 Å². The Morgan fingerprint density at radius 2 is 1.61 bits per heavy atom. The van der Waals surface area contributed by atoms with Gasteiger partial charge in [0.15, 0.2) is 0 Å². The van der Waals surface area contributed by atoms with E-state index in [1.165, 1.54) is 0 Å². The standard InChI is InChI=1S/C4H4O4.C4H9O.C4H9.Sn/c5-3(6)1-2-4(7)8;1-2-3-4-5;1-3-4-2;/h1-2H,(H,5,6)(H,7,8);2-4H2,1H3;1,3-4H2,2H3;/q;-1;;+3/p-2. The molecule has 0 saturated heterocycles. The molecule has 102 valence electrons. The predicted molar refractivity (Wildman–Crippen MR) is 67.7 cm³/mol. The van der Waals surface area contributed by atoms with Gasteiger partial charge in [0.1, 0.15) is 0 Å². The molecule has 5 nitrogen and oxygen atoms in total. The molecule has 0 aromatic heterocycles. The quantitative estimate of drug-likeness (QED) is 0.513. The monoisotopic (exact) mass is 364 g/mol. The second-order valence-corrected chi connectivity index (χ2v) is 11.5. The molecule has 1 aliphatic heterocycles. The minimum absolute atomic E-state index is 0.483. The molecular formula is C12H20O5Sn. The summed E-state index contributed by atoms with van der Waals surface area (Å²) in [6.07, 6.45) is 5.84. The van der Waals surface area contributed by atoms with Gasteiger partial charge < -0.3 is 0 Å². The third-order valence-electron chi connectivity index (χ3n) is 2.52. The van der Waals surface area contributed by atoms with E-state index in [2.05, 4.69) is 0 Å². The fraction of sp³-hybridized carbons (Fsp3) is 0.667. The van der Waals surface area contributed by atoms with Crippen LogP contribution in [0.3, 0.4) is 0 Å². The van der Waals surface area contributed by atoms with Gasteiger partial charge in [0, 0.05) is 0 Å². The second kappa shape index (κ2) is 7.78. The summed E-state index contributed by atoms with van der Waals surface area (Å²) >= 11 is -4.01. The molecule has 0 aromatic carbocycles. The van der Waals surface area contributed by atoms with Crippen molar-refractivity contribution in [2.75, 3.05) is 6.61 Å². The van der Waals surface area contributed by atoms with Crippen molar-refractivity contribution >= 4 is 31.6 Å². The Labute approximate surface area is 113 Å². The summed E-state index contributed by atoms with van der Waals surface area (Å²) in [7, 11) is 0. The molecular weight excluding hydrogens is 343 g/mol. The average molecular weight is 363 g/mol. The van der Waals surface area contributed by atoms with Gasteiger partial charge in [-0.05, 0) is 0 Å². The molecule has 0 amide bonds. The van der Waals surface area contributed by atoms with Crippen molar-refractivity contribution in [2.45, 2.75) is 44.0 Å². The summed E-state index contributed by atoms with van der Waals surface area (Å²) < 4.78 is 17.0. The van der Waals surface area contributed by atoms with E-state index >= 15 is 0 Å². The molecule has 0 N–H and O–H groups in total. The number of carbonyl (C=O) groups is 2. The molecule has 0 bridgehead atoms. The van der Waals surface area contributed by atoms with Crippen molar-refractivity contribution in [1.29, 1.82) is 0 Å². The zero-order chi connectivity index (χ0) is 13.4. The van der Waals surface area contributed by atoms with Crippen molar-refractivity contribution in [2.24, 2.45) is 0 Å². The van der Waals surface area contributed by atoms with Gasteiger partial charge in [0.25, 0.3) is 0 Å². The van der Waals surface area contributed by atoms with E-state index in [1.807, 2.05) is 13.8 Å². The Kier molecular flexibility index (Phi) is 6.70. The Morgan fingerprint density at radius 3 is 2.11 bits per heavy atom. The first-order valence-electron chi connectivity index (χ1n) is 6.40. The zero-order valence-corrected chi connectivity index (χ0v) is 13.8. The van der Waals surface area contributed by atoms with Crippen molar-refractivity contribution < 1.29 is 18.8 Å². The van der Waals surface area contributed by atoms with Crippen molar-refractivity contribution in [1.82, 2.24) is 0 Å². The first-order chi connectivity index (χ1) is 8.62. The number of carbonyl (C=O) groups excluding carboxylic acids is 2. The van der Waals surface area contributed by atoms with Gasteiger partial charge in [-0.25, -0.2) is 0 Å². The van der Waals surface area contributed by atoms with E-state index in [1.54, 1.807) is 0 Å². The molecule has 0 aliphatic carbocycles. The normalized spacial score (nSPS) is 18.1. The van der Waals surface area contributed by atoms with Gasteiger partial charge >= 0.3 is 113 Å². The van der Waals surface area contributed by atoms with Gasteiger partial charge in [-0.15, -0.1) is 0 Å². The van der Waals surface area contributed by atoms with Crippen LogP contribution in [0, 0.1) is 0 Å². The third kappa shape index (κ3) is 4.97. The molecule has 18 heavy (non-hydrogen) atoms. The van der Waals surface area contributed by atoms with Crippen LogP contribution in [0.4, 0.5) is 0 Å². The Hall–Kier alpha value is -0.561. The SMILES string of the molecule is CCCC[O][Sn]1([CH2]CCC)[O]C(=O)C=CC(=O)[O]1. The molecule has 0 radical (unpaired) electrons. The third-order valence-corrected chi connectivity index (χ3v) is 10.0. The molecule has 1 rings (SSSR count). The Bertz CT molecular complexity index is 306. The van der Waals surface area contributed by atoms with Crippen LogP contribution in [-0.4, -0.2) is 38.2 Å². The van der Waals surface area contributed by atoms with Crippen LogP contribution >= 0.6 is 0 Å². The molecule has 0 spiro atoms. The van der Waals surface area contributed by atoms with Crippen molar-refractivity contribution in [3.05, 3.63) is 12.2 Å². The first kappa shape index (κ1) is 15.5. The van der Waals surface area contributed by atoms with E-state index in [-0.39, 0.29) is 0 Å². The van der Waals surface area contributed by atoms with Crippen LogP contribution in [0.2, 0.25) is 4.44 Å². The van der Waals surface area contributed by atoms with Gasteiger partial charge in [0.2, 0.25) is 0 Å². The summed E-state index contributed by atoms with van der Waals surface area (Å²) in [4.78, 5) is 22.9. The van der Waals surface area contributed by atoms with E-state index < -0.39 is 31.6 Å². The summed E-state index contributed by atoms with van der Waals surface area (Å²) in [5.41, 5.74) is 0. The zero-order valence-electron chi connectivity index (χ0n) is 10.9. The first-order valence-corrected chi connectivity index (χ1v) is 11.9. The summed E-state index contributed by atoms with van der Waals surface area (Å²) in [6.45, 7) is 4.56. The number of rotatable bonds is 7. The maximum absolute atomic E-state index is 11.5. The fourth-order valence-electron chi connectivity index (χ4n) is 1.53. The predicted octanol–water partition coefficient (Wildman–Crippen LogP) is 2.20. The van der Waals surface area contributed by atoms with Crippen molar-refractivity contribution in [3.8, 4) is 0 Å². The van der Waals surface area contributed by atoms with Crippen LogP contribution < -0.4 is 0 Å². The van der Waals surface area contributed by atoms with Crippen LogP contribution in [-0.2, 0) is 18.8 Å². The average Bonchev–Trinajstić information content (AvgIpc) is 2.47. The van der Waals surface area contributed by atoms with Crippen LogP contribution in [0.25, 0.3) is 0 Å². The van der Waals surface area contributed by atoms with Gasteiger partial charge in [-0.2, -0.15) is 0 Å². The molecule has 1 aliphatic rings. The maximum atomic E-state index is 11.5. The van der Waals surface area contributed by atoms with Crippen molar-refractivity contribution in [3.63, 3.8) is 0 Å². The number of hydrogen-bond acceptors (Lipinski definition) is 5. The van der Waals surface area contributed by atoms with Gasteiger partial charge in [0.05, 0.1) is 0 Å². The molecule has 0 atom stereocenters. The minimum atomic E-state index is -4.01. The van der Waals surface area contributed by atoms with Gasteiger partial charge in [-0.1, -0.05) is 0 Å². The molecule has 6 heteroatoms. The molecule has 1 heterocycles. The summed E-state index contributed by atoms with van der Waals surface area (Å²) in [5, 5.41) is 0. The van der Waals surface area contributed by atoms with E-state index in [4.69, 9.17) is 9.22 Å². The number of hydrogen-bond donors (Lipinski definition) is 0. The number of unbranched alkanes of at least 4 members (excludes halogenated alkanes) is 2. The molecule has 0 unspecified atom stereocenters. The molecule has 0 fully saturated rings. The Balaban J connectivity index is 2.74. The van der Waals surface area contributed by atoms with Crippen LogP contribution in [0.1, 0.15) is 39.5 Å². The summed E-state index contributed by atoms with van der Waals surface area (Å²) in [6, 6.07) is 0. The van der Waals surface area contributed by atoms with E-state index in [0.29, 0.717) is 11.0 Å². The second-order valence-electron chi connectivity index (χ2n) is 4.16.